The number of nitrogens with zero attached hydrogens (tertiary/aromatic N) is 4. The molecule has 11 nitrogen and oxygen atoms in total. The first kappa shape index (κ1) is 25.3. The van der Waals surface area contributed by atoms with Crippen LogP contribution in [0.5, 0.6) is 5.75 Å². The van der Waals surface area contributed by atoms with Crippen molar-refractivity contribution in [2.45, 2.75) is 32.0 Å². The predicted octanol–water partition coefficient (Wildman–Crippen LogP) is 0.203. The molecule has 13 heteroatoms. The van der Waals surface area contributed by atoms with Crippen molar-refractivity contribution in [3.05, 3.63) is 57.5 Å². The highest BCUT2D eigenvalue weighted by atomic mass is 32.2. The zero-order valence-corrected chi connectivity index (χ0v) is 19.8. The van der Waals surface area contributed by atoms with Gasteiger partial charge in [0.2, 0.25) is 21.7 Å². The summed E-state index contributed by atoms with van der Waals surface area (Å²) in [7, 11) is 0.235. The van der Waals surface area contributed by atoms with Crippen LogP contribution in [-0.4, -0.2) is 71.0 Å². The monoisotopic (exact) mass is 495 g/mol. The summed E-state index contributed by atoms with van der Waals surface area (Å²) in [4.78, 5) is 43.5. The largest absolute Gasteiger partial charge is 0.501 e. The van der Waals surface area contributed by atoms with Crippen LogP contribution in [0.3, 0.4) is 0 Å². The maximum Gasteiger partial charge on any atom is 0.296 e. The van der Waals surface area contributed by atoms with E-state index in [1.54, 1.807) is 0 Å². The smallest absolute Gasteiger partial charge is 0.296 e. The normalized spacial score (nSPS) is 15.6. The molecule has 0 saturated carbocycles. The second-order valence-corrected chi connectivity index (χ2v) is 10.3. The number of nitrogens with one attached hydrogen (secondary N) is 1. The van der Waals surface area contributed by atoms with Gasteiger partial charge in [0.1, 0.15) is 17.4 Å². The van der Waals surface area contributed by atoms with Crippen LogP contribution >= 0.6 is 0 Å². The van der Waals surface area contributed by atoms with E-state index in [9.17, 15) is 32.3 Å². The van der Waals surface area contributed by atoms with Gasteiger partial charge in [0.05, 0.1) is 6.04 Å². The number of rotatable bonds is 7. The SMILES string of the molecule is CN(C(=O)CS(=O)(=O)N(C)C)[C@H]1CCCn2c1nc(C(=O)NCc1ccc(F)cc1)c(O)c2=O. The molecular formula is C21H26FN5O6S. The lowest BCUT2D eigenvalue weighted by Crippen LogP contribution is -2.43. The zero-order chi connectivity index (χ0) is 25.2. The number of carbonyl (C=O) groups is 2. The average molecular weight is 496 g/mol. The van der Waals surface area contributed by atoms with Crippen LogP contribution in [0.2, 0.25) is 0 Å². The Bertz CT molecular complexity index is 1260. The van der Waals surface area contributed by atoms with Crippen molar-refractivity contribution in [2.75, 3.05) is 26.9 Å². The van der Waals surface area contributed by atoms with Gasteiger partial charge in [-0.15, -0.1) is 0 Å². The summed E-state index contributed by atoms with van der Waals surface area (Å²) >= 11 is 0. The number of amides is 2. The van der Waals surface area contributed by atoms with E-state index in [2.05, 4.69) is 10.3 Å². The van der Waals surface area contributed by atoms with Crippen LogP contribution in [0.4, 0.5) is 4.39 Å². The van der Waals surface area contributed by atoms with Gasteiger partial charge < -0.3 is 15.3 Å². The van der Waals surface area contributed by atoms with Crippen LogP contribution in [-0.2, 0) is 27.9 Å². The first-order chi connectivity index (χ1) is 15.9. The van der Waals surface area contributed by atoms with Crippen LogP contribution in [0.15, 0.2) is 29.1 Å². The third-order valence-electron chi connectivity index (χ3n) is 5.64. The van der Waals surface area contributed by atoms with Crippen LogP contribution in [0.25, 0.3) is 0 Å². The number of aromatic hydroxyl groups is 1. The second kappa shape index (κ2) is 9.89. The topological polar surface area (TPSA) is 142 Å². The van der Waals surface area contributed by atoms with Crippen molar-refractivity contribution in [2.24, 2.45) is 0 Å². The van der Waals surface area contributed by atoms with Gasteiger partial charge >= 0.3 is 0 Å². The number of hydrogen-bond donors (Lipinski definition) is 2. The molecule has 0 bridgehead atoms. The molecule has 184 valence electrons. The fourth-order valence-electron chi connectivity index (χ4n) is 3.56. The Labute approximate surface area is 195 Å². The molecule has 2 amide bonds. The molecule has 0 spiro atoms. The molecule has 34 heavy (non-hydrogen) atoms. The van der Waals surface area contributed by atoms with Crippen molar-refractivity contribution < 1.29 is 27.5 Å². The van der Waals surface area contributed by atoms with Gasteiger partial charge in [0, 0.05) is 34.2 Å². The van der Waals surface area contributed by atoms with E-state index in [-0.39, 0.29) is 18.9 Å². The molecule has 1 aromatic carbocycles. The molecule has 2 heterocycles. The highest BCUT2D eigenvalue weighted by Gasteiger charge is 2.34. The Balaban J connectivity index is 1.88. The average Bonchev–Trinajstić information content (AvgIpc) is 2.79. The third-order valence-corrected chi connectivity index (χ3v) is 7.36. The number of aromatic nitrogens is 2. The minimum absolute atomic E-state index is 0.00284. The number of hydrogen-bond acceptors (Lipinski definition) is 7. The molecule has 1 aliphatic rings. The van der Waals surface area contributed by atoms with E-state index < -0.39 is 56.5 Å². The maximum absolute atomic E-state index is 13.1. The summed E-state index contributed by atoms with van der Waals surface area (Å²) in [5.41, 5.74) is -0.746. The number of fused-ring (bicyclic) bond motifs is 1. The fraction of sp³-hybridized carbons (Fsp3) is 0.429. The van der Waals surface area contributed by atoms with Gasteiger partial charge in [-0.3, -0.25) is 19.0 Å². The van der Waals surface area contributed by atoms with E-state index in [1.807, 2.05) is 0 Å². The van der Waals surface area contributed by atoms with Gasteiger partial charge in [0.15, 0.2) is 5.69 Å². The van der Waals surface area contributed by atoms with Crippen molar-refractivity contribution in [3.63, 3.8) is 0 Å². The van der Waals surface area contributed by atoms with Gasteiger partial charge in [-0.2, -0.15) is 0 Å². The van der Waals surface area contributed by atoms with Gasteiger partial charge in [-0.1, -0.05) is 12.1 Å². The van der Waals surface area contributed by atoms with E-state index in [0.717, 1.165) is 4.31 Å². The summed E-state index contributed by atoms with van der Waals surface area (Å²) in [5.74, 6) is -3.46. The van der Waals surface area contributed by atoms with E-state index >= 15 is 0 Å². The number of carbonyl (C=O) groups excluding carboxylic acids is 2. The molecule has 0 fully saturated rings. The van der Waals surface area contributed by atoms with Crippen molar-refractivity contribution >= 4 is 21.8 Å². The lowest BCUT2D eigenvalue weighted by Gasteiger charge is -2.33. The Morgan fingerprint density at radius 2 is 1.88 bits per heavy atom. The van der Waals surface area contributed by atoms with Crippen LogP contribution < -0.4 is 10.9 Å². The van der Waals surface area contributed by atoms with Crippen LogP contribution in [0, 0.1) is 5.82 Å². The van der Waals surface area contributed by atoms with Gasteiger partial charge in [0.25, 0.3) is 11.5 Å². The summed E-state index contributed by atoms with van der Waals surface area (Å²) in [6, 6.07) is 4.65. The first-order valence-electron chi connectivity index (χ1n) is 10.4. The highest BCUT2D eigenvalue weighted by molar-refractivity contribution is 7.89. The molecule has 0 aliphatic carbocycles. The summed E-state index contributed by atoms with van der Waals surface area (Å²) in [6.07, 6.45) is 0.866. The zero-order valence-electron chi connectivity index (χ0n) is 19.0. The third kappa shape index (κ3) is 5.25. The second-order valence-electron chi connectivity index (χ2n) is 8.13. The summed E-state index contributed by atoms with van der Waals surface area (Å²) in [6.45, 7) is 0.226. The molecule has 0 unspecified atom stereocenters. The Morgan fingerprint density at radius 1 is 1.24 bits per heavy atom. The number of halogens is 1. The Hall–Kier alpha value is -3.32. The quantitative estimate of drug-likeness (QED) is 0.559. The molecule has 1 aromatic heterocycles. The highest BCUT2D eigenvalue weighted by Crippen LogP contribution is 2.29. The van der Waals surface area contributed by atoms with Gasteiger partial charge in [-0.05, 0) is 30.5 Å². The molecule has 1 aliphatic heterocycles. The predicted molar refractivity (Wildman–Crippen MR) is 120 cm³/mol. The van der Waals surface area contributed by atoms with Crippen LogP contribution in [0.1, 0.15) is 40.8 Å². The first-order valence-corrected chi connectivity index (χ1v) is 12.1. The molecular weight excluding hydrogens is 469 g/mol. The van der Waals surface area contributed by atoms with Crippen molar-refractivity contribution in [3.8, 4) is 5.75 Å². The van der Waals surface area contributed by atoms with E-state index in [0.29, 0.717) is 18.4 Å². The lowest BCUT2D eigenvalue weighted by molar-refractivity contribution is -0.130. The standard InChI is InChI=1S/C21H26FN5O6S/c1-25(2)34(32,33)12-16(28)26(3)15-5-4-10-27-19(15)24-17(18(29)21(27)31)20(30)23-11-13-6-8-14(22)9-7-13/h6-9,15,29H,4-5,10-12H2,1-3H3,(H,23,30)/t15-/m0/s1. The van der Waals surface area contributed by atoms with Crippen molar-refractivity contribution in [1.29, 1.82) is 0 Å². The maximum atomic E-state index is 13.1. The molecule has 0 radical (unpaired) electrons. The number of sulfonamides is 1. The summed E-state index contributed by atoms with van der Waals surface area (Å²) in [5, 5.41) is 12.9. The molecule has 2 aromatic rings. The summed E-state index contributed by atoms with van der Waals surface area (Å²) < 4.78 is 39.4. The Kier molecular flexibility index (Phi) is 7.36. The lowest BCUT2D eigenvalue weighted by atomic mass is 10.0. The minimum atomic E-state index is -3.81. The van der Waals surface area contributed by atoms with E-state index in [1.165, 1.54) is 54.9 Å². The molecule has 1 atom stereocenters. The van der Waals surface area contributed by atoms with Gasteiger partial charge in [-0.25, -0.2) is 22.1 Å². The number of benzene rings is 1. The minimum Gasteiger partial charge on any atom is -0.501 e. The molecule has 0 saturated heterocycles. The molecule has 2 N–H and O–H groups in total. The Morgan fingerprint density at radius 3 is 2.50 bits per heavy atom. The van der Waals surface area contributed by atoms with Crippen molar-refractivity contribution in [1.82, 2.24) is 24.1 Å². The molecule has 3 rings (SSSR count). The fourth-order valence-corrected chi connectivity index (χ4v) is 4.33. The van der Waals surface area contributed by atoms with E-state index in [4.69, 9.17) is 0 Å².